The Labute approximate surface area is 94.8 Å². The zero-order chi connectivity index (χ0) is 11.5. The first kappa shape index (κ1) is 10.8. The van der Waals surface area contributed by atoms with Crippen molar-refractivity contribution in [2.24, 2.45) is 0 Å². The van der Waals surface area contributed by atoms with Crippen LogP contribution in [0.3, 0.4) is 0 Å². The zero-order valence-electron chi connectivity index (χ0n) is 9.44. The van der Waals surface area contributed by atoms with Crippen molar-refractivity contribution in [2.75, 3.05) is 0 Å². The molecule has 0 saturated heterocycles. The average Bonchev–Trinajstić information content (AvgIpc) is 2.28. The Morgan fingerprint density at radius 2 is 1.88 bits per heavy atom. The van der Waals surface area contributed by atoms with Gasteiger partial charge in [0.25, 0.3) is 0 Å². The van der Waals surface area contributed by atoms with Gasteiger partial charge in [0.15, 0.2) is 5.82 Å². The van der Waals surface area contributed by atoms with Gasteiger partial charge in [-0.1, -0.05) is 24.3 Å². The molecule has 2 rings (SSSR count). The highest BCUT2D eigenvalue weighted by Gasteiger charge is 2.05. The van der Waals surface area contributed by atoms with Crippen molar-refractivity contribution < 1.29 is 5.11 Å². The molecule has 0 saturated carbocycles. The van der Waals surface area contributed by atoms with Crippen molar-refractivity contribution in [1.29, 1.82) is 0 Å². The normalized spacial score (nSPS) is 10.4. The molecule has 0 unspecified atom stereocenters. The van der Waals surface area contributed by atoms with Crippen molar-refractivity contribution >= 4 is 0 Å². The molecule has 1 aromatic carbocycles. The smallest absolute Gasteiger partial charge is 0.154 e. The first-order valence-electron chi connectivity index (χ1n) is 5.22. The Hall–Kier alpha value is -1.74. The van der Waals surface area contributed by atoms with Crippen LogP contribution in [-0.2, 0) is 6.61 Å². The molecule has 0 bridgehead atoms. The number of nitrogens with zero attached hydrogens (tertiary/aromatic N) is 2. The maximum atomic E-state index is 9.08. The van der Waals surface area contributed by atoms with Crippen LogP contribution < -0.4 is 0 Å². The second-order valence-corrected chi connectivity index (χ2v) is 3.78. The van der Waals surface area contributed by atoms with Crippen molar-refractivity contribution in [1.82, 2.24) is 9.97 Å². The van der Waals surface area contributed by atoms with Gasteiger partial charge in [-0.3, -0.25) is 0 Å². The summed E-state index contributed by atoms with van der Waals surface area (Å²) in [6, 6.07) is 9.99. The van der Waals surface area contributed by atoms with Crippen LogP contribution in [0.1, 0.15) is 17.1 Å². The summed E-state index contributed by atoms with van der Waals surface area (Å²) in [6.45, 7) is 3.83. The number of aromatic nitrogens is 2. The monoisotopic (exact) mass is 214 g/mol. The fraction of sp³-hybridized carbons (Fsp3) is 0.231. The van der Waals surface area contributed by atoms with Crippen LogP contribution in [0, 0.1) is 13.8 Å². The average molecular weight is 214 g/mol. The molecule has 0 aliphatic heterocycles. The molecule has 0 spiro atoms. The van der Waals surface area contributed by atoms with Gasteiger partial charge < -0.3 is 5.11 Å². The third kappa shape index (κ3) is 2.09. The fourth-order valence-electron chi connectivity index (χ4n) is 1.70. The molecule has 3 heteroatoms. The second kappa shape index (κ2) is 4.41. The molecule has 0 aliphatic rings. The van der Waals surface area contributed by atoms with Crippen molar-refractivity contribution in [3.63, 3.8) is 0 Å². The Bertz CT molecular complexity index is 509. The number of benzene rings is 1. The van der Waals surface area contributed by atoms with E-state index in [0.717, 1.165) is 17.0 Å². The molecular formula is C13H14N2O. The summed E-state index contributed by atoms with van der Waals surface area (Å²) in [5.41, 5.74) is 4.00. The van der Waals surface area contributed by atoms with Crippen LogP contribution >= 0.6 is 0 Å². The quantitative estimate of drug-likeness (QED) is 0.834. The van der Waals surface area contributed by atoms with E-state index >= 15 is 0 Å². The molecule has 82 valence electrons. The lowest BCUT2D eigenvalue weighted by molar-refractivity contribution is 0.271. The van der Waals surface area contributed by atoms with Crippen LogP contribution in [0.4, 0.5) is 0 Å². The number of hydrogen-bond acceptors (Lipinski definition) is 3. The SMILES string of the molecule is Cc1cc(-c2ccccc2C)nc(CO)n1. The molecule has 0 radical (unpaired) electrons. The van der Waals surface area contributed by atoms with Gasteiger partial charge in [-0.05, 0) is 25.5 Å². The van der Waals surface area contributed by atoms with E-state index in [1.807, 2.05) is 44.2 Å². The number of aliphatic hydroxyl groups excluding tert-OH is 1. The van der Waals surface area contributed by atoms with Crippen LogP contribution in [0.5, 0.6) is 0 Å². The minimum atomic E-state index is -0.124. The van der Waals surface area contributed by atoms with Gasteiger partial charge in [0.05, 0.1) is 5.69 Å². The molecule has 0 amide bonds. The molecule has 1 aromatic heterocycles. The van der Waals surface area contributed by atoms with E-state index in [9.17, 15) is 0 Å². The van der Waals surface area contributed by atoms with Gasteiger partial charge in [0.2, 0.25) is 0 Å². The van der Waals surface area contributed by atoms with Gasteiger partial charge in [0, 0.05) is 11.3 Å². The third-order valence-electron chi connectivity index (χ3n) is 2.46. The predicted molar refractivity (Wildman–Crippen MR) is 62.9 cm³/mol. The van der Waals surface area contributed by atoms with Gasteiger partial charge >= 0.3 is 0 Å². The molecule has 0 fully saturated rings. The summed E-state index contributed by atoms with van der Waals surface area (Å²) in [6.07, 6.45) is 0. The third-order valence-corrected chi connectivity index (χ3v) is 2.46. The standard InChI is InChI=1S/C13H14N2O/c1-9-5-3-4-6-11(9)12-7-10(2)14-13(8-16)15-12/h3-7,16H,8H2,1-2H3. The second-order valence-electron chi connectivity index (χ2n) is 3.78. The highest BCUT2D eigenvalue weighted by molar-refractivity contribution is 5.63. The minimum Gasteiger partial charge on any atom is -0.388 e. The molecule has 16 heavy (non-hydrogen) atoms. The van der Waals surface area contributed by atoms with Gasteiger partial charge in [0.1, 0.15) is 6.61 Å². The van der Waals surface area contributed by atoms with E-state index < -0.39 is 0 Å². The van der Waals surface area contributed by atoms with E-state index in [0.29, 0.717) is 5.82 Å². The first-order chi connectivity index (χ1) is 7.70. The first-order valence-corrected chi connectivity index (χ1v) is 5.22. The molecule has 1 N–H and O–H groups in total. The van der Waals surface area contributed by atoms with Gasteiger partial charge in [-0.2, -0.15) is 0 Å². The molecular weight excluding hydrogens is 200 g/mol. The van der Waals surface area contributed by atoms with Gasteiger partial charge in [-0.25, -0.2) is 9.97 Å². The van der Waals surface area contributed by atoms with E-state index in [-0.39, 0.29) is 6.61 Å². The highest BCUT2D eigenvalue weighted by Crippen LogP contribution is 2.21. The number of aryl methyl sites for hydroxylation is 2. The molecule has 2 aromatic rings. The zero-order valence-corrected chi connectivity index (χ0v) is 9.44. The Kier molecular flexibility index (Phi) is 2.97. The predicted octanol–water partition coefficient (Wildman–Crippen LogP) is 2.25. The molecule has 0 atom stereocenters. The largest absolute Gasteiger partial charge is 0.388 e. The Morgan fingerprint density at radius 1 is 1.12 bits per heavy atom. The molecule has 3 nitrogen and oxygen atoms in total. The fourth-order valence-corrected chi connectivity index (χ4v) is 1.70. The van der Waals surface area contributed by atoms with E-state index in [2.05, 4.69) is 9.97 Å². The lowest BCUT2D eigenvalue weighted by Gasteiger charge is -2.07. The topological polar surface area (TPSA) is 46.0 Å². The summed E-state index contributed by atoms with van der Waals surface area (Å²) >= 11 is 0. The maximum Gasteiger partial charge on any atom is 0.154 e. The summed E-state index contributed by atoms with van der Waals surface area (Å²) < 4.78 is 0. The Morgan fingerprint density at radius 3 is 2.56 bits per heavy atom. The summed E-state index contributed by atoms with van der Waals surface area (Å²) in [7, 11) is 0. The summed E-state index contributed by atoms with van der Waals surface area (Å²) in [5, 5.41) is 9.08. The van der Waals surface area contributed by atoms with Crippen molar-refractivity contribution in [3.05, 3.63) is 47.4 Å². The summed E-state index contributed by atoms with van der Waals surface area (Å²) in [4.78, 5) is 8.47. The van der Waals surface area contributed by atoms with E-state index in [1.54, 1.807) is 0 Å². The van der Waals surface area contributed by atoms with Crippen molar-refractivity contribution in [3.8, 4) is 11.3 Å². The maximum absolute atomic E-state index is 9.08. The van der Waals surface area contributed by atoms with Crippen LogP contribution in [0.15, 0.2) is 30.3 Å². The van der Waals surface area contributed by atoms with Gasteiger partial charge in [-0.15, -0.1) is 0 Å². The van der Waals surface area contributed by atoms with Crippen molar-refractivity contribution in [2.45, 2.75) is 20.5 Å². The van der Waals surface area contributed by atoms with E-state index in [1.165, 1.54) is 5.56 Å². The summed E-state index contributed by atoms with van der Waals surface area (Å²) in [5.74, 6) is 0.471. The number of aliphatic hydroxyl groups is 1. The van der Waals surface area contributed by atoms with Crippen LogP contribution in [0.2, 0.25) is 0 Å². The van der Waals surface area contributed by atoms with Crippen LogP contribution in [0.25, 0.3) is 11.3 Å². The minimum absolute atomic E-state index is 0.124. The number of hydrogen-bond donors (Lipinski definition) is 1. The Balaban J connectivity index is 2.56. The molecule has 1 heterocycles. The van der Waals surface area contributed by atoms with E-state index in [4.69, 9.17) is 5.11 Å². The highest BCUT2D eigenvalue weighted by atomic mass is 16.3. The molecule has 0 aliphatic carbocycles. The number of rotatable bonds is 2. The lowest BCUT2D eigenvalue weighted by atomic mass is 10.1. The van der Waals surface area contributed by atoms with Crippen LogP contribution in [-0.4, -0.2) is 15.1 Å². The lowest BCUT2D eigenvalue weighted by Crippen LogP contribution is -1.99.